The molecule has 0 atom stereocenters. The summed E-state index contributed by atoms with van der Waals surface area (Å²) in [6, 6.07) is 5.62. The van der Waals surface area contributed by atoms with Crippen LogP contribution in [-0.2, 0) is 13.7 Å². The molecule has 0 unspecified atom stereocenters. The van der Waals surface area contributed by atoms with E-state index >= 15 is 0 Å². The summed E-state index contributed by atoms with van der Waals surface area (Å²) in [5.41, 5.74) is 2.77. The second-order valence-corrected chi connectivity index (χ2v) is 5.23. The highest BCUT2D eigenvalue weighted by atomic mass is 16.5. The molecule has 0 aliphatic carbocycles. The minimum atomic E-state index is -0.349. The van der Waals surface area contributed by atoms with Gasteiger partial charge in [0.05, 0.1) is 13.3 Å². The number of nitrogens with zero attached hydrogens (tertiary/aromatic N) is 5. The maximum Gasteiger partial charge on any atom is 0.368 e. The third-order valence-electron chi connectivity index (χ3n) is 3.59. The first-order valence-corrected chi connectivity index (χ1v) is 7.10. The largest absolute Gasteiger partial charge is 0.489 e. The van der Waals surface area contributed by atoms with E-state index in [9.17, 15) is 4.79 Å². The fourth-order valence-electron chi connectivity index (χ4n) is 2.22. The maximum absolute atomic E-state index is 12.1. The Bertz CT molecular complexity index is 948. The Kier molecular flexibility index (Phi) is 3.59. The SMILES string of the molecule is [3H]c1ccc(OCc2c(C)cncc2-n2nnn(C)c2=O)c(C)c1. The van der Waals surface area contributed by atoms with E-state index in [1.54, 1.807) is 30.6 Å². The van der Waals surface area contributed by atoms with E-state index < -0.39 is 0 Å². The molecular formula is C16H17N5O2. The number of ether oxygens (including phenoxy) is 1. The highest BCUT2D eigenvalue weighted by molar-refractivity contribution is 5.42. The summed E-state index contributed by atoms with van der Waals surface area (Å²) in [6.45, 7) is 4.04. The van der Waals surface area contributed by atoms with Crippen LogP contribution in [0.15, 0.2) is 41.4 Å². The molecule has 0 bridgehead atoms. The Labute approximate surface area is 134 Å². The van der Waals surface area contributed by atoms with E-state index in [2.05, 4.69) is 15.4 Å². The van der Waals surface area contributed by atoms with Crippen molar-refractivity contribution in [3.05, 3.63) is 63.8 Å². The van der Waals surface area contributed by atoms with Crippen molar-refractivity contribution in [3.63, 3.8) is 0 Å². The van der Waals surface area contributed by atoms with Gasteiger partial charge in [0.2, 0.25) is 0 Å². The fraction of sp³-hybridized carbons (Fsp3) is 0.250. The van der Waals surface area contributed by atoms with E-state index in [0.717, 1.165) is 21.4 Å². The zero-order valence-electron chi connectivity index (χ0n) is 14.1. The van der Waals surface area contributed by atoms with Crippen LogP contribution < -0.4 is 10.4 Å². The second kappa shape index (κ2) is 6.04. The molecule has 3 rings (SSSR count). The number of hydrogen-bond donors (Lipinski definition) is 0. The van der Waals surface area contributed by atoms with Crippen LogP contribution in [0.3, 0.4) is 0 Å². The summed E-state index contributed by atoms with van der Waals surface area (Å²) >= 11 is 0. The lowest BCUT2D eigenvalue weighted by Gasteiger charge is -2.13. The van der Waals surface area contributed by atoms with Gasteiger partial charge in [-0.2, -0.15) is 9.36 Å². The molecule has 0 radical (unpaired) electrons. The summed E-state index contributed by atoms with van der Waals surface area (Å²) in [6.07, 6.45) is 3.28. The molecular weight excluding hydrogens is 294 g/mol. The van der Waals surface area contributed by atoms with Gasteiger partial charge >= 0.3 is 5.69 Å². The van der Waals surface area contributed by atoms with Crippen LogP contribution in [0.25, 0.3) is 5.69 Å². The molecule has 0 aliphatic rings. The van der Waals surface area contributed by atoms with Crippen molar-refractivity contribution in [1.82, 2.24) is 24.8 Å². The fourth-order valence-corrected chi connectivity index (χ4v) is 2.22. The van der Waals surface area contributed by atoms with Crippen molar-refractivity contribution < 1.29 is 6.11 Å². The third-order valence-corrected chi connectivity index (χ3v) is 3.59. The normalized spacial score (nSPS) is 11.3. The Morgan fingerprint density at radius 2 is 2.04 bits per heavy atom. The number of para-hydroxylation sites is 1. The van der Waals surface area contributed by atoms with Gasteiger partial charge in [0, 0.05) is 18.8 Å². The van der Waals surface area contributed by atoms with E-state index in [0.29, 0.717) is 17.5 Å². The third kappa shape index (κ3) is 2.85. The van der Waals surface area contributed by atoms with Gasteiger partial charge in [0.25, 0.3) is 0 Å². The number of tetrazole rings is 1. The summed E-state index contributed by atoms with van der Waals surface area (Å²) in [5.74, 6) is 0.694. The lowest BCUT2D eigenvalue weighted by atomic mass is 10.1. The number of pyridine rings is 1. The Balaban J connectivity index is 1.96. The van der Waals surface area contributed by atoms with Crippen molar-refractivity contribution in [2.24, 2.45) is 7.05 Å². The van der Waals surface area contributed by atoms with E-state index in [4.69, 9.17) is 6.11 Å². The number of aromatic nitrogens is 5. The average Bonchev–Trinajstić information content (AvgIpc) is 2.87. The van der Waals surface area contributed by atoms with E-state index in [-0.39, 0.29) is 12.3 Å². The smallest absolute Gasteiger partial charge is 0.368 e. The Morgan fingerprint density at radius 1 is 1.22 bits per heavy atom. The van der Waals surface area contributed by atoms with Crippen LogP contribution in [0.1, 0.15) is 18.1 Å². The second-order valence-electron chi connectivity index (χ2n) is 5.23. The molecule has 0 saturated heterocycles. The van der Waals surface area contributed by atoms with Crippen LogP contribution >= 0.6 is 0 Å². The quantitative estimate of drug-likeness (QED) is 0.730. The summed E-state index contributed by atoms with van der Waals surface area (Å²) in [7, 11) is 1.54. The first-order chi connectivity index (χ1) is 11.5. The van der Waals surface area contributed by atoms with Crippen LogP contribution in [0.5, 0.6) is 5.75 Å². The lowest BCUT2D eigenvalue weighted by molar-refractivity contribution is 0.302. The van der Waals surface area contributed by atoms with Crippen molar-refractivity contribution in [1.29, 1.82) is 0 Å². The first-order valence-electron chi connectivity index (χ1n) is 7.60. The molecule has 0 N–H and O–H groups in total. The maximum atomic E-state index is 12.1. The van der Waals surface area contributed by atoms with E-state index in [1.807, 2.05) is 13.8 Å². The minimum Gasteiger partial charge on any atom is -0.489 e. The molecule has 0 amide bonds. The van der Waals surface area contributed by atoms with Gasteiger partial charge in [-0.05, 0) is 41.5 Å². The molecule has 0 saturated carbocycles. The van der Waals surface area contributed by atoms with Gasteiger partial charge in [-0.1, -0.05) is 18.2 Å². The highest BCUT2D eigenvalue weighted by Crippen LogP contribution is 2.21. The van der Waals surface area contributed by atoms with Crippen molar-refractivity contribution in [2.75, 3.05) is 0 Å². The van der Waals surface area contributed by atoms with Gasteiger partial charge in [0.1, 0.15) is 12.4 Å². The molecule has 7 nitrogen and oxygen atoms in total. The van der Waals surface area contributed by atoms with Gasteiger partial charge in [-0.3, -0.25) is 4.98 Å². The molecule has 0 aliphatic heterocycles. The van der Waals surface area contributed by atoms with Gasteiger partial charge < -0.3 is 4.74 Å². The predicted molar refractivity (Wildman–Crippen MR) is 84.6 cm³/mol. The number of hydrogen-bond acceptors (Lipinski definition) is 5. The first kappa shape index (κ1) is 13.7. The van der Waals surface area contributed by atoms with Crippen molar-refractivity contribution >= 4 is 0 Å². The van der Waals surface area contributed by atoms with Crippen LogP contribution in [0.4, 0.5) is 0 Å². The van der Waals surface area contributed by atoms with E-state index in [1.165, 1.54) is 11.7 Å². The molecule has 2 heterocycles. The molecule has 118 valence electrons. The molecule has 1 aromatic carbocycles. The van der Waals surface area contributed by atoms with Gasteiger partial charge in [-0.25, -0.2) is 4.79 Å². The van der Waals surface area contributed by atoms with Gasteiger partial charge in [0.15, 0.2) is 0 Å². The lowest BCUT2D eigenvalue weighted by Crippen LogP contribution is -2.23. The van der Waals surface area contributed by atoms with Crippen LogP contribution in [0, 0.1) is 13.8 Å². The predicted octanol–water partition coefficient (Wildman–Crippen LogP) is 1.56. The molecule has 7 heteroatoms. The average molecular weight is 313 g/mol. The minimum absolute atomic E-state index is 0.255. The Hall–Kier alpha value is -2.96. The highest BCUT2D eigenvalue weighted by Gasteiger charge is 2.14. The van der Waals surface area contributed by atoms with Crippen molar-refractivity contribution in [2.45, 2.75) is 20.5 Å². The van der Waals surface area contributed by atoms with Crippen molar-refractivity contribution in [3.8, 4) is 11.4 Å². The molecule has 0 fully saturated rings. The molecule has 2 aromatic heterocycles. The molecule has 23 heavy (non-hydrogen) atoms. The number of aryl methyl sites for hydroxylation is 3. The monoisotopic (exact) mass is 313 g/mol. The van der Waals surface area contributed by atoms with Crippen LogP contribution in [-0.4, -0.2) is 24.8 Å². The molecule has 3 aromatic rings. The van der Waals surface area contributed by atoms with Crippen LogP contribution in [0.2, 0.25) is 0 Å². The zero-order chi connectivity index (χ0) is 17.3. The standard InChI is InChI=1S/C16H17N5O2/c1-11-6-4-5-7-15(11)23-10-13-12(2)8-17-9-14(13)21-16(22)20(3)18-19-21/h4-9H,10H2,1-3H3/i4T. The number of rotatable bonds is 4. The zero-order valence-corrected chi connectivity index (χ0v) is 13.1. The topological polar surface area (TPSA) is 74.8 Å². The summed E-state index contributed by atoms with van der Waals surface area (Å²) in [5, 5.41) is 7.60. The molecule has 0 spiro atoms. The number of benzene rings is 1. The summed E-state index contributed by atoms with van der Waals surface area (Å²) < 4.78 is 15.9. The Morgan fingerprint density at radius 3 is 2.74 bits per heavy atom. The summed E-state index contributed by atoms with van der Waals surface area (Å²) in [4.78, 5) is 16.2. The van der Waals surface area contributed by atoms with Gasteiger partial charge in [-0.15, -0.1) is 0 Å².